The van der Waals surface area contributed by atoms with Gasteiger partial charge in [-0.3, -0.25) is 9.58 Å². The van der Waals surface area contributed by atoms with E-state index in [2.05, 4.69) is 39.4 Å². The highest BCUT2D eigenvalue weighted by molar-refractivity contribution is 5.73. The molecule has 17 heteroatoms. The van der Waals surface area contributed by atoms with Crippen LogP contribution in [0.5, 0.6) is 0 Å². The number of carboxylic acid groups (broad SMARTS) is 2. The van der Waals surface area contributed by atoms with Crippen molar-refractivity contribution in [2.75, 3.05) is 31.1 Å². The van der Waals surface area contributed by atoms with Crippen LogP contribution in [0.1, 0.15) is 43.0 Å². The van der Waals surface area contributed by atoms with Crippen molar-refractivity contribution in [3.63, 3.8) is 0 Å². The van der Waals surface area contributed by atoms with Crippen molar-refractivity contribution < 1.29 is 46.1 Å². The number of carbonyl (C=O) groups is 2. The van der Waals surface area contributed by atoms with Crippen LogP contribution in [0, 0.1) is 0 Å². The number of aliphatic carboxylic acids is 2. The molecule has 2 aliphatic heterocycles. The zero-order valence-electron chi connectivity index (χ0n) is 21.9. The first-order valence-corrected chi connectivity index (χ1v) is 12.5. The smallest absolute Gasteiger partial charge is 0.475 e. The average molecular weight is 594 g/mol. The lowest BCUT2D eigenvalue weighted by Crippen LogP contribution is -2.34. The van der Waals surface area contributed by atoms with Crippen molar-refractivity contribution in [1.82, 2.24) is 29.3 Å². The molecule has 0 amide bonds. The highest BCUT2D eigenvalue weighted by Crippen LogP contribution is 2.27. The molecule has 1 atom stereocenters. The fourth-order valence-electron chi connectivity index (χ4n) is 4.45. The molecule has 0 saturated carbocycles. The normalized spacial score (nSPS) is 17.9. The van der Waals surface area contributed by atoms with Gasteiger partial charge >= 0.3 is 24.3 Å². The highest BCUT2D eigenvalue weighted by atomic mass is 19.4. The number of anilines is 1. The maximum absolute atomic E-state index is 10.6. The van der Waals surface area contributed by atoms with Crippen LogP contribution in [0.4, 0.5) is 32.0 Å². The third-order valence-corrected chi connectivity index (χ3v) is 6.32. The first-order valence-electron chi connectivity index (χ1n) is 12.5. The van der Waals surface area contributed by atoms with Gasteiger partial charge in [-0.15, -0.1) is 0 Å². The monoisotopic (exact) mass is 593 g/mol. The number of hydrogen-bond donors (Lipinski definition) is 2. The van der Waals surface area contributed by atoms with Gasteiger partial charge in [-0.2, -0.15) is 36.5 Å². The molecule has 0 spiro atoms. The SMILES string of the molecule is Cn1cc(CN2CCCC(c3nc4ccc(N5CCCC5)cn4n3)C2)cn1.O=C(O)C(F)(F)F.O=C(O)C(F)(F)F. The van der Waals surface area contributed by atoms with Gasteiger partial charge in [0.25, 0.3) is 0 Å². The van der Waals surface area contributed by atoms with Crippen LogP contribution in [0.2, 0.25) is 0 Å². The number of piperidine rings is 1. The quantitative estimate of drug-likeness (QED) is 0.435. The average Bonchev–Trinajstić information content (AvgIpc) is 3.64. The van der Waals surface area contributed by atoms with Crippen LogP contribution in [-0.2, 0) is 23.2 Å². The Bertz CT molecular complexity index is 1290. The van der Waals surface area contributed by atoms with Crippen LogP contribution in [-0.4, -0.2) is 90.0 Å². The maximum atomic E-state index is 10.6. The zero-order chi connectivity index (χ0) is 30.4. The first-order chi connectivity index (χ1) is 19.1. The summed E-state index contributed by atoms with van der Waals surface area (Å²) in [6, 6.07) is 4.30. The minimum absolute atomic E-state index is 0.408. The molecule has 2 saturated heterocycles. The topological polar surface area (TPSA) is 129 Å². The summed E-state index contributed by atoms with van der Waals surface area (Å²) in [7, 11) is 1.97. The van der Waals surface area contributed by atoms with Gasteiger partial charge in [-0.1, -0.05) is 0 Å². The lowest BCUT2D eigenvalue weighted by atomic mass is 9.97. The van der Waals surface area contributed by atoms with Crippen LogP contribution in [0.3, 0.4) is 0 Å². The number of hydrogen-bond acceptors (Lipinski definition) is 7. The van der Waals surface area contributed by atoms with E-state index in [1.54, 1.807) is 0 Å². The first kappa shape index (κ1) is 31.6. The molecule has 1 unspecified atom stereocenters. The number of pyridine rings is 1. The van der Waals surface area contributed by atoms with E-state index in [-0.39, 0.29) is 0 Å². The molecule has 3 aromatic rings. The van der Waals surface area contributed by atoms with E-state index in [0.717, 1.165) is 44.2 Å². The molecule has 41 heavy (non-hydrogen) atoms. The largest absolute Gasteiger partial charge is 0.490 e. The Balaban J connectivity index is 0.000000276. The van der Waals surface area contributed by atoms with Crippen LogP contribution in [0.25, 0.3) is 5.65 Å². The van der Waals surface area contributed by atoms with E-state index in [0.29, 0.717) is 5.92 Å². The van der Waals surface area contributed by atoms with Crippen molar-refractivity contribution in [1.29, 1.82) is 0 Å². The minimum Gasteiger partial charge on any atom is -0.475 e. The number of alkyl halides is 6. The van der Waals surface area contributed by atoms with Crippen molar-refractivity contribution in [2.45, 2.75) is 50.5 Å². The Labute approximate surface area is 230 Å². The molecule has 0 aromatic carbocycles. The Morgan fingerprint density at radius 2 is 1.56 bits per heavy atom. The molecule has 0 aliphatic carbocycles. The van der Waals surface area contributed by atoms with Gasteiger partial charge in [0, 0.05) is 50.9 Å². The Kier molecular flexibility index (Phi) is 10.2. The standard InChI is InChI=1S/C20H27N7.2C2HF3O2/c1-24-12-16(11-21-24)13-25-8-4-5-17(14-25)20-22-19-7-6-18(15-27(19)23-20)26-9-2-3-10-26;2*3-2(4,5)1(6)7/h6-7,11-12,15,17H,2-5,8-10,13-14H2,1H3;2*(H,6,7). The fraction of sp³-hybridized carbons (Fsp3) is 0.542. The van der Waals surface area contributed by atoms with Gasteiger partial charge in [0.2, 0.25) is 0 Å². The molecule has 2 aliphatic rings. The van der Waals surface area contributed by atoms with Gasteiger partial charge in [0.1, 0.15) is 0 Å². The summed E-state index contributed by atoms with van der Waals surface area (Å²) >= 11 is 0. The molecule has 11 nitrogen and oxygen atoms in total. The summed E-state index contributed by atoms with van der Waals surface area (Å²) < 4.78 is 67.3. The van der Waals surface area contributed by atoms with Crippen LogP contribution in [0.15, 0.2) is 30.7 Å². The summed E-state index contributed by atoms with van der Waals surface area (Å²) in [5, 5.41) is 23.4. The van der Waals surface area contributed by atoms with Crippen LogP contribution >= 0.6 is 0 Å². The molecular formula is C24H29F6N7O4. The zero-order valence-corrected chi connectivity index (χ0v) is 21.9. The summed E-state index contributed by atoms with van der Waals surface area (Å²) in [5.41, 5.74) is 3.49. The lowest BCUT2D eigenvalue weighted by molar-refractivity contribution is -0.193. The molecular weight excluding hydrogens is 564 g/mol. The molecule has 5 rings (SSSR count). The second kappa shape index (κ2) is 13.2. The van der Waals surface area contributed by atoms with E-state index < -0.39 is 24.3 Å². The number of nitrogens with zero attached hydrogens (tertiary/aromatic N) is 7. The van der Waals surface area contributed by atoms with Crippen molar-refractivity contribution in [3.8, 4) is 0 Å². The van der Waals surface area contributed by atoms with Gasteiger partial charge < -0.3 is 15.1 Å². The molecule has 2 N–H and O–H groups in total. The number of rotatable bonds is 4. The van der Waals surface area contributed by atoms with Crippen molar-refractivity contribution in [3.05, 3.63) is 42.1 Å². The molecule has 5 heterocycles. The van der Waals surface area contributed by atoms with E-state index in [9.17, 15) is 26.3 Å². The van der Waals surface area contributed by atoms with E-state index >= 15 is 0 Å². The van der Waals surface area contributed by atoms with E-state index in [1.807, 2.05) is 22.4 Å². The molecule has 2 fully saturated rings. The maximum Gasteiger partial charge on any atom is 0.490 e. The summed E-state index contributed by atoms with van der Waals surface area (Å²) in [5.74, 6) is -4.12. The number of aryl methyl sites for hydroxylation is 1. The van der Waals surface area contributed by atoms with Crippen molar-refractivity contribution >= 4 is 23.3 Å². The molecule has 3 aromatic heterocycles. The lowest BCUT2D eigenvalue weighted by Gasteiger charge is -2.30. The molecule has 0 radical (unpaired) electrons. The summed E-state index contributed by atoms with van der Waals surface area (Å²) in [6.45, 7) is 5.41. The fourth-order valence-corrected chi connectivity index (χ4v) is 4.45. The Morgan fingerprint density at radius 3 is 2.10 bits per heavy atom. The Hall–Kier alpha value is -3.89. The van der Waals surface area contributed by atoms with Gasteiger partial charge in [0.15, 0.2) is 11.5 Å². The van der Waals surface area contributed by atoms with Gasteiger partial charge in [-0.25, -0.2) is 19.1 Å². The predicted molar refractivity (Wildman–Crippen MR) is 132 cm³/mol. The Morgan fingerprint density at radius 1 is 0.951 bits per heavy atom. The second-order valence-corrected chi connectivity index (χ2v) is 9.56. The van der Waals surface area contributed by atoms with E-state index in [1.165, 1.54) is 36.9 Å². The number of likely N-dealkylation sites (tertiary alicyclic amines) is 1. The highest BCUT2D eigenvalue weighted by Gasteiger charge is 2.38. The van der Waals surface area contributed by atoms with Gasteiger partial charge in [-0.05, 0) is 44.4 Å². The second-order valence-electron chi connectivity index (χ2n) is 9.56. The minimum atomic E-state index is -5.08. The van der Waals surface area contributed by atoms with Crippen LogP contribution < -0.4 is 4.90 Å². The summed E-state index contributed by atoms with van der Waals surface area (Å²) in [6.07, 6.45) is 0.983. The van der Waals surface area contributed by atoms with Gasteiger partial charge in [0.05, 0.1) is 18.1 Å². The predicted octanol–water partition coefficient (Wildman–Crippen LogP) is 3.71. The third-order valence-electron chi connectivity index (χ3n) is 6.32. The molecule has 0 bridgehead atoms. The number of halogens is 6. The number of aromatic nitrogens is 5. The number of fused-ring (bicyclic) bond motifs is 1. The third kappa shape index (κ3) is 9.33. The van der Waals surface area contributed by atoms with E-state index in [4.69, 9.17) is 29.9 Å². The number of carboxylic acids is 2. The molecule has 226 valence electrons. The van der Waals surface area contributed by atoms with Crippen molar-refractivity contribution in [2.24, 2.45) is 7.05 Å². The summed E-state index contributed by atoms with van der Waals surface area (Å²) in [4.78, 5) is 27.6.